The van der Waals surface area contributed by atoms with Gasteiger partial charge >= 0.3 is 6.34 Å². The van der Waals surface area contributed by atoms with Crippen LogP contribution in [0.5, 0.6) is 0 Å². The first-order valence-electron chi connectivity index (χ1n) is 2.75. The van der Waals surface area contributed by atoms with Gasteiger partial charge in [0, 0.05) is 7.05 Å². The van der Waals surface area contributed by atoms with Gasteiger partial charge in [0.15, 0.2) is 6.67 Å². The smallest absolute Gasteiger partial charge is 0.228 e. The van der Waals surface area contributed by atoms with Crippen molar-refractivity contribution in [2.75, 3.05) is 20.3 Å². The lowest BCUT2D eigenvalue weighted by atomic mass is 10.7. The molecular weight excluding hydrogens is 102 g/mol. The summed E-state index contributed by atoms with van der Waals surface area (Å²) >= 11 is 0. The molecule has 0 bridgehead atoms. The average molecular weight is 112 g/mol. The standard InChI is InChI=1S/C5H10N3/c1-3-8-4-6-7(2)5-8/h3,5H2,1-2H3/q+1. The van der Waals surface area contributed by atoms with E-state index in [0.717, 1.165) is 13.2 Å². The van der Waals surface area contributed by atoms with Gasteiger partial charge in [0.1, 0.15) is 5.10 Å². The SMILES string of the molecule is CCN1[C+]=NN(C)C1. The third-order valence-electron chi connectivity index (χ3n) is 1.11. The van der Waals surface area contributed by atoms with Crippen molar-refractivity contribution in [1.29, 1.82) is 0 Å². The summed E-state index contributed by atoms with van der Waals surface area (Å²) < 4.78 is 0. The highest BCUT2D eigenvalue weighted by atomic mass is 15.6. The molecule has 0 atom stereocenters. The van der Waals surface area contributed by atoms with E-state index in [0.29, 0.717) is 0 Å². The summed E-state index contributed by atoms with van der Waals surface area (Å²) in [5.74, 6) is 0. The number of hydrogen-bond donors (Lipinski definition) is 0. The third kappa shape index (κ3) is 0.873. The number of hydrazone groups is 1. The van der Waals surface area contributed by atoms with Gasteiger partial charge in [0.05, 0.1) is 6.54 Å². The molecule has 8 heavy (non-hydrogen) atoms. The second kappa shape index (κ2) is 1.97. The minimum atomic E-state index is 0.885. The molecule has 1 rings (SSSR count). The van der Waals surface area contributed by atoms with Crippen molar-refractivity contribution in [3.05, 3.63) is 0 Å². The van der Waals surface area contributed by atoms with Crippen molar-refractivity contribution in [3.8, 4) is 0 Å². The summed E-state index contributed by atoms with van der Waals surface area (Å²) in [6.45, 7) is 3.96. The molecule has 0 unspecified atom stereocenters. The van der Waals surface area contributed by atoms with Crippen molar-refractivity contribution >= 4 is 6.34 Å². The van der Waals surface area contributed by atoms with Crippen molar-refractivity contribution < 1.29 is 0 Å². The summed E-state index contributed by atoms with van der Waals surface area (Å²) in [7, 11) is 1.93. The average Bonchev–Trinajstić information content (AvgIpc) is 2.14. The van der Waals surface area contributed by atoms with Crippen LogP contribution in [0, 0.1) is 0 Å². The molecule has 1 aliphatic rings. The van der Waals surface area contributed by atoms with Crippen LogP contribution in [0.2, 0.25) is 0 Å². The zero-order valence-electron chi connectivity index (χ0n) is 5.26. The molecule has 0 N–H and O–H groups in total. The summed E-state index contributed by atoms with van der Waals surface area (Å²) in [4.78, 5) is 2.01. The van der Waals surface area contributed by atoms with Crippen molar-refractivity contribution in [3.63, 3.8) is 0 Å². The molecule has 1 aliphatic heterocycles. The van der Waals surface area contributed by atoms with Gasteiger partial charge in [0.25, 0.3) is 0 Å². The van der Waals surface area contributed by atoms with Crippen LogP contribution in [0.3, 0.4) is 0 Å². The van der Waals surface area contributed by atoms with Crippen LogP contribution in [0.1, 0.15) is 6.92 Å². The highest BCUT2D eigenvalue weighted by molar-refractivity contribution is 5.55. The quantitative estimate of drug-likeness (QED) is 0.446. The maximum absolute atomic E-state index is 3.90. The first kappa shape index (κ1) is 5.32. The van der Waals surface area contributed by atoms with Crippen LogP contribution in [-0.2, 0) is 0 Å². The predicted molar refractivity (Wildman–Crippen MR) is 32.4 cm³/mol. The van der Waals surface area contributed by atoms with Gasteiger partial charge in [-0.3, -0.25) is 0 Å². The summed E-state index contributed by atoms with van der Waals surface area (Å²) in [5, 5.41) is 5.75. The molecule has 0 spiro atoms. The Bertz CT molecular complexity index is 99.8. The first-order valence-corrected chi connectivity index (χ1v) is 2.75. The van der Waals surface area contributed by atoms with E-state index in [1.54, 1.807) is 0 Å². The molecule has 0 aliphatic carbocycles. The Balaban J connectivity index is 2.34. The topological polar surface area (TPSA) is 18.8 Å². The fourth-order valence-corrected chi connectivity index (χ4v) is 0.621. The minimum absolute atomic E-state index is 0.885. The molecule has 0 aromatic rings. The molecule has 0 radical (unpaired) electrons. The van der Waals surface area contributed by atoms with Crippen molar-refractivity contribution in [2.45, 2.75) is 6.92 Å². The fraction of sp³-hybridized carbons (Fsp3) is 0.800. The van der Waals surface area contributed by atoms with E-state index in [9.17, 15) is 0 Å². The maximum Gasteiger partial charge on any atom is 0.544 e. The largest absolute Gasteiger partial charge is 0.544 e. The molecule has 0 saturated heterocycles. The minimum Gasteiger partial charge on any atom is -0.228 e. The molecule has 0 saturated carbocycles. The van der Waals surface area contributed by atoms with Gasteiger partial charge in [-0.05, 0) is 6.92 Å². The lowest BCUT2D eigenvalue weighted by Gasteiger charge is -2.00. The van der Waals surface area contributed by atoms with Crippen molar-refractivity contribution in [2.24, 2.45) is 5.10 Å². The normalized spacial score (nSPS) is 17.2. The molecule has 44 valence electrons. The fourth-order valence-electron chi connectivity index (χ4n) is 0.621. The highest BCUT2D eigenvalue weighted by Gasteiger charge is 2.21. The van der Waals surface area contributed by atoms with Crippen LogP contribution in [0.15, 0.2) is 5.10 Å². The molecule has 0 amide bonds. The van der Waals surface area contributed by atoms with Crippen LogP contribution >= 0.6 is 0 Å². The van der Waals surface area contributed by atoms with Gasteiger partial charge in [-0.15, -0.1) is 4.90 Å². The van der Waals surface area contributed by atoms with Crippen LogP contribution in [0.4, 0.5) is 0 Å². The first-order chi connectivity index (χ1) is 3.83. The number of nitrogens with zero attached hydrogens (tertiary/aromatic N) is 3. The van der Waals surface area contributed by atoms with Gasteiger partial charge in [0.2, 0.25) is 0 Å². The molecule has 0 aromatic heterocycles. The Morgan fingerprint density at radius 3 is 2.75 bits per heavy atom. The van der Waals surface area contributed by atoms with Crippen LogP contribution in [0.25, 0.3) is 0 Å². The maximum atomic E-state index is 3.90. The van der Waals surface area contributed by atoms with Gasteiger partial charge in [-0.2, -0.15) is 0 Å². The molecule has 3 heteroatoms. The highest BCUT2D eigenvalue weighted by Crippen LogP contribution is 1.95. The lowest BCUT2D eigenvalue weighted by molar-refractivity contribution is 0.285. The summed E-state index contributed by atoms with van der Waals surface area (Å²) in [6.07, 6.45) is 2.84. The number of hydrogen-bond acceptors (Lipinski definition) is 3. The van der Waals surface area contributed by atoms with Crippen LogP contribution < -0.4 is 0 Å². The Morgan fingerprint density at radius 1 is 1.75 bits per heavy atom. The second-order valence-electron chi connectivity index (χ2n) is 1.86. The monoisotopic (exact) mass is 112 g/mol. The van der Waals surface area contributed by atoms with E-state index in [-0.39, 0.29) is 0 Å². The van der Waals surface area contributed by atoms with Gasteiger partial charge in [-0.1, -0.05) is 0 Å². The van der Waals surface area contributed by atoms with E-state index in [4.69, 9.17) is 0 Å². The molecule has 1 heterocycles. The third-order valence-corrected chi connectivity index (χ3v) is 1.11. The van der Waals surface area contributed by atoms with E-state index in [1.165, 1.54) is 0 Å². The van der Waals surface area contributed by atoms with E-state index in [2.05, 4.69) is 18.4 Å². The van der Waals surface area contributed by atoms with Gasteiger partial charge in [-0.25, -0.2) is 5.01 Å². The van der Waals surface area contributed by atoms with Crippen molar-refractivity contribution in [1.82, 2.24) is 9.91 Å². The molecule has 3 nitrogen and oxygen atoms in total. The lowest BCUT2D eigenvalue weighted by Crippen LogP contribution is -2.23. The molecule has 0 fully saturated rings. The summed E-state index contributed by atoms with van der Waals surface area (Å²) in [6, 6.07) is 0. The van der Waals surface area contributed by atoms with Gasteiger partial charge < -0.3 is 0 Å². The molecule has 0 aromatic carbocycles. The van der Waals surface area contributed by atoms with E-state index < -0.39 is 0 Å². The van der Waals surface area contributed by atoms with E-state index >= 15 is 0 Å². The zero-order valence-corrected chi connectivity index (χ0v) is 5.26. The Hall–Kier alpha value is -0.820. The number of rotatable bonds is 1. The Kier molecular flexibility index (Phi) is 1.31. The summed E-state index contributed by atoms with van der Waals surface area (Å²) in [5.41, 5.74) is 0. The second-order valence-corrected chi connectivity index (χ2v) is 1.86. The Morgan fingerprint density at radius 2 is 2.50 bits per heavy atom. The zero-order chi connectivity index (χ0) is 5.98. The predicted octanol–water partition coefficient (Wildman–Crippen LogP) is 0.0315. The molecular formula is C5H10N3+. The van der Waals surface area contributed by atoms with E-state index in [1.807, 2.05) is 17.0 Å². The van der Waals surface area contributed by atoms with Crippen LogP contribution in [-0.4, -0.2) is 36.5 Å². The Labute approximate surface area is 49.6 Å².